The fraction of sp³-hybridized carbons (Fsp3) is 0.636. The fourth-order valence-electron chi connectivity index (χ4n) is 4.28. The molecular formula is C22H36ClIN6O. The van der Waals surface area contributed by atoms with Gasteiger partial charge in [-0.1, -0.05) is 17.7 Å². The van der Waals surface area contributed by atoms with Gasteiger partial charge >= 0.3 is 0 Å². The molecule has 2 aliphatic rings. The number of amides is 1. The molecule has 3 rings (SSSR count). The van der Waals surface area contributed by atoms with Crippen molar-refractivity contribution in [3.63, 3.8) is 0 Å². The van der Waals surface area contributed by atoms with Crippen molar-refractivity contribution in [1.82, 2.24) is 15.5 Å². The van der Waals surface area contributed by atoms with Crippen LogP contribution in [0.2, 0.25) is 5.02 Å². The summed E-state index contributed by atoms with van der Waals surface area (Å²) in [6, 6.07) is 8.41. The number of guanidine groups is 1. The minimum atomic E-state index is -0.143. The number of unbranched alkanes of at least 4 members (excludes halogenated alkanes) is 1. The van der Waals surface area contributed by atoms with Crippen molar-refractivity contribution in [2.75, 3.05) is 51.2 Å². The van der Waals surface area contributed by atoms with Crippen LogP contribution < -0.4 is 21.3 Å². The molecule has 2 fully saturated rings. The molecule has 0 spiro atoms. The molecule has 31 heavy (non-hydrogen) atoms. The molecule has 1 aromatic carbocycles. The summed E-state index contributed by atoms with van der Waals surface area (Å²) in [6.07, 6.45) is 5.11. The van der Waals surface area contributed by atoms with Crippen molar-refractivity contribution in [1.29, 1.82) is 0 Å². The van der Waals surface area contributed by atoms with Gasteiger partial charge in [-0.3, -0.25) is 9.79 Å². The summed E-state index contributed by atoms with van der Waals surface area (Å²) >= 11 is 6.12. The molecule has 7 nitrogen and oxygen atoms in total. The molecule has 0 aliphatic carbocycles. The Morgan fingerprint density at radius 2 is 2.00 bits per heavy atom. The third-order valence-corrected chi connectivity index (χ3v) is 6.34. The maximum atomic E-state index is 11.3. The molecule has 1 unspecified atom stereocenters. The normalized spacial score (nSPS) is 20.4. The van der Waals surface area contributed by atoms with Crippen LogP contribution in [0.3, 0.4) is 0 Å². The van der Waals surface area contributed by atoms with Gasteiger partial charge in [-0.15, -0.1) is 24.0 Å². The highest BCUT2D eigenvalue weighted by atomic mass is 127. The van der Waals surface area contributed by atoms with Crippen molar-refractivity contribution in [3.05, 3.63) is 29.3 Å². The van der Waals surface area contributed by atoms with E-state index in [1.54, 1.807) is 0 Å². The number of carbonyl (C=O) groups is 1. The van der Waals surface area contributed by atoms with Crippen LogP contribution in [0.5, 0.6) is 0 Å². The number of likely N-dealkylation sites (tertiary alicyclic amines) is 1. The Hall–Kier alpha value is -1.26. The van der Waals surface area contributed by atoms with Gasteiger partial charge in [0.25, 0.3) is 0 Å². The van der Waals surface area contributed by atoms with Crippen LogP contribution >= 0.6 is 35.6 Å². The number of nitrogens with one attached hydrogen (secondary N) is 2. The summed E-state index contributed by atoms with van der Waals surface area (Å²) in [5.74, 6) is 0.800. The first-order valence-corrected chi connectivity index (χ1v) is 11.4. The van der Waals surface area contributed by atoms with Crippen LogP contribution in [0, 0.1) is 5.92 Å². The number of nitrogens with zero attached hydrogens (tertiary/aromatic N) is 3. The first-order chi connectivity index (χ1) is 14.5. The monoisotopic (exact) mass is 562 g/mol. The van der Waals surface area contributed by atoms with E-state index in [1.165, 1.54) is 5.69 Å². The van der Waals surface area contributed by atoms with Crippen molar-refractivity contribution >= 4 is 53.1 Å². The fourth-order valence-corrected chi connectivity index (χ4v) is 4.47. The van der Waals surface area contributed by atoms with Crippen molar-refractivity contribution in [2.24, 2.45) is 16.6 Å². The quantitative estimate of drug-likeness (QED) is 0.196. The number of benzene rings is 1. The first-order valence-electron chi connectivity index (χ1n) is 11.0. The van der Waals surface area contributed by atoms with Crippen LogP contribution in [0.4, 0.5) is 5.69 Å². The summed E-state index contributed by atoms with van der Waals surface area (Å²) in [5.41, 5.74) is 6.58. The number of piperidine rings is 1. The molecule has 2 heterocycles. The molecule has 0 saturated carbocycles. The molecule has 0 aromatic heterocycles. The lowest BCUT2D eigenvalue weighted by molar-refractivity contribution is -0.123. The molecule has 1 aromatic rings. The van der Waals surface area contributed by atoms with E-state index in [0.717, 1.165) is 82.4 Å². The molecule has 0 bridgehead atoms. The van der Waals surface area contributed by atoms with E-state index in [2.05, 4.69) is 31.5 Å². The number of hydrogen-bond donors (Lipinski definition) is 3. The van der Waals surface area contributed by atoms with E-state index >= 15 is 0 Å². The van der Waals surface area contributed by atoms with Crippen molar-refractivity contribution < 1.29 is 4.79 Å². The molecular weight excluding hydrogens is 527 g/mol. The number of aliphatic imine (C=N–C) groups is 1. The van der Waals surface area contributed by atoms with Crippen LogP contribution in [0.1, 0.15) is 32.1 Å². The van der Waals surface area contributed by atoms with E-state index in [9.17, 15) is 4.79 Å². The van der Waals surface area contributed by atoms with Gasteiger partial charge in [0.1, 0.15) is 0 Å². The summed E-state index contributed by atoms with van der Waals surface area (Å²) in [4.78, 5) is 20.4. The number of carbonyl (C=O) groups excluding carboxylic acids is 1. The maximum absolute atomic E-state index is 11.3. The third-order valence-electron chi connectivity index (χ3n) is 6.11. The van der Waals surface area contributed by atoms with Gasteiger partial charge in [-0.25, -0.2) is 0 Å². The largest absolute Gasteiger partial charge is 0.369 e. The predicted molar refractivity (Wildman–Crippen MR) is 140 cm³/mol. The Balaban J connectivity index is 0.00000341. The molecule has 9 heteroatoms. The number of anilines is 1. The van der Waals surface area contributed by atoms with E-state index in [0.29, 0.717) is 6.04 Å². The molecule has 4 N–H and O–H groups in total. The molecule has 174 valence electrons. The topological polar surface area (TPSA) is 86.0 Å². The Bertz CT molecular complexity index is 726. The second-order valence-electron chi connectivity index (χ2n) is 8.28. The first kappa shape index (κ1) is 26.0. The lowest BCUT2D eigenvalue weighted by atomic mass is 9.96. The molecule has 2 aliphatic heterocycles. The zero-order valence-corrected chi connectivity index (χ0v) is 21.4. The number of nitrogens with two attached hydrogens (primary N) is 1. The standard InChI is InChI=1S/C22H35ClN6O.HI/c1-25-22(26-10-2-3-11-28-12-7-17(8-13-28)21(24)30)27-19-9-14-29(16-19)20-6-4-5-18(23)15-20;/h4-6,15,17,19H,2-3,7-14,16H2,1H3,(H2,24,30)(H2,25,26,27);1H. The minimum Gasteiger partial charge on any atom is -0.369 e. The highest BCUT2D eigenvalue weighted by Crippen LogP contribution is 2.23. The lowest BCUT2D eigenvalue weighted by Gasteiger charge is -2.30. The average Bonchev–Trinajstić information content (AvgIpc) is 3.21. The van der Waals surface area contributed by atoms with Crippen LogP contribution in [-0.4, -0.2) is 69.1 Å². The van der Waals surface area contributed by atoms with Gasteiger partial charge in [0, 0.05) is 49.4 Å². The average molecular weight is 563 g/mol. The van der Waals surface area contributed by atoms with Gasteiger partial charge in [0.15, 0.2) is 5.96 Å². The third kappa shape index (κ3) is 8.31. The molecule has 1 amide bonds. The number of rotatable bonds is 8. The lowest BCUT2D eigenvalue weighted by Crippen LogP contribution is -2.45. The van der Waals surface area contributed by atoms with Gasteiger partial charge < -0.3 is 26.2 Å². The SMILES string of the molecule is CN=C(NCCCCN1CCC(C(N)=O)CC1)NC1CCN(c2cccc(Cl)c2)C1.I. The predicted octanol–water partition coefficient (Wildman–Crippen LogP) is 2.68. The Labute approximate surface area is 208 Å². The molecule has 2 saturated heterocycles. The van der Waals surface area contributed by atoms with E-state index in [4.69, 9.17) is 17.3 Å². The number of hydrogen-bond acceptors (Lipinski definition) is 4. The van der Waals surface area contributed by atoms with Crippen LogP contribution in [0.15, 0.2) is 29.3 Å². The zero-order valence-electron chi connectivity index (χ0n) is 18.4. The minimum absolute atomic E-state index is 0. The second-order valence-corrected chi connectivity index (χ2v) is 8.72. The maximum Gasteiger partial charge on any atom is 0.220 e. The Kier molecular flexibility index (Phi) is 11.2. The summed E-state index contributed by atoms with van der Waals surface area (Å²) in [7, 11) is 1.82. The Morgan fingerprint density at radius 3 is 2.68 bits per heavy atom. The highest BCUT2D eigenvalue weighted by molar-refractivity contribution is 14.0. The molecule has 1 atom stereocenters. The molecule has 0 radical (unpaired) electrons. The van der Waals surface area contributed by atoms with Crippen molar-refractivity contribution in [2.45, 2.75) is 38.1 Å². The van der Waals surface area contributed by atoms with Gasteiger partial charge in [-0.05, 0) is 69.9 Å². The van der Waals surface area contributed by atoms with Gasteiger partial charge in [-0.2, -0.15) is 0 Å². The van der Waals surface area contributed by atoms with E-state index < -0.39 is 0 Å². The van der Waals surface area contributed by atoms with E-state index in [-0.39, 0.29) is 35.8 Å². The number of halogens is 2. The zero-order chi connectivity index (χ0) is 21.3. The van der Waals surface area contributed by atoms with Crippen molar-refractivity contribution in [3.8, 4) is 0 Å². The Morgan fingerprint density at radius 1 is 1.23 bits per heavy atom. The summed E-state index contributed by atoms with van der Waals surface area (Å²) in [6.45, 7) is 5.91. The smallest absolute Gasteiger partial charge is 0.220 e. The van der Waals surface area contributed by atoms with Gasteiger partial charge in [0.2, 0.25) is 5.91 Å². The van der Waals surface area contributed by atoms with Crippen LogP contribution in [-0.2, 0) is 4.79 Å². The summed E-state index contributed by atoms with van der Waals surface area (Å²) < 4.78 is 0. The van der Waals surface area contributed by atoms with E-state index in [1.807, 2.05) is 25.2 Å². The highest BCUT2D eigenvalue weighted by Gasteiger charge is 2.24. The number of primary amides is 1. The van der Waals surface area contributed by atoms with Gasteiger partial charge in [0.05, 0.1) is 0 Å². The van der Waals surface area contributed by atoms with Crippen LogP contribution in [0.25, 0.3) is 0 Å². The second kappa shape index (κ2) is 13.3. The summed E-state index contributed by atoms with van der Waals surface area (Å²) in [5, 5.41) is 7.76.